The number of hydrogen-bond acceptors (Lipinski definition) is 12. The summed E-state index contributed by atoms with van der Waals surface area (Å²) in [5, 5.41) is 26.4. The predicted octanol–water partition coefficient (Wildman–Crippen LogP) is 8.89. The van der Waals surface area contributed by atoms with E-state index in [2.05, 4.69) is 20.6 Å². The highest BCUT2D eigenvalue weighted by Gasteiger charge is 2.49. The smallest absolute Gasteiger partial charge is 0.390 e. The number of benzene rings is 4. The lowest BCUT2D eigenvalue weighted by atomic mass is 9.89. The number of carbonyl (C=O) groups is 4. The molecule has 10 aliphatic rings. The number of hydrogen-bond donors (Lipinski definition) is 4. The Morgan fingerprint density at radius 3 is 1.30 bits per heavy atom. The van der Waals surface area contributed by atoms with Gasteiger partial charge in [0.1, 0.15) is 22.7 Å². The van der Waals surface area contributed by atoms with Crippen molar-refractivity contribution in [2.24, 2.45) is 9.98 Å². The number of alkyl halides is 6. The zero-order valence-electron chi connectivity index (χ0n) is 52.1. The number of rotatable bonds is 0. The Bertz CT molecular complexity index is 3770. The second-order valence-electron chi connectivity index (χ2n) is 25.1. The molecule has 4 amide bonds. The Morgan fingerprint density at radius 1 is 0.505 bits per heavy atom. The fraction of sp³-hybridized carbons (Fsp3) is 0.522. The van der Waals surface area contributed by atoms with Gasteiger partial charge in [-0.05, 0) is 211 Å². The number of nitrogens with one attached hydrogen (secondary N) is 2. The van der Waals surface area contributed by atoms with Crippen molar-refractivity contribution in [1.29, 1.82) is 0 Å². The number of aliphatic hydroxyl groups excluding tert-OH is 2. The van der Waals surface area contributed by atoms with Gasteiger partial charge in [0.2, 0.25) is 20.0 Å². The molecule has 10 aliphatic heterocycles. The average molecular weight is 1340 g/mol. The Hall–Kier alpha value is -6.84. The third-order valence-electron chi connectivity index (χ3n) is 18.4. The van der Waals surface area contributed by atoms with Gasteiger partial charge in [0, 0.05) is 75.6 Å². The molecule has 26 heteroatoms. The van der Waals surface area contributed by atoms with Gasteiger partial charge in [-0.2, -0.15) is 26.3 Å². The maximum Gasteiger partial charge on any atom is 0.416 e. The molecule has 0 aliphatic carbocycles. The van der Waals surface area contributed by atoms with Crippen LogP contribution in [0.15, 0.2) is 94.9 Å². The number of amides is 4. The molecule has 93 heavy (non-hydrogen) atoms. The lowest BCUT2D eigenvalue weighted by Crippen LogP contribution is -2.50. The lowest BCUT2D eigenvalue weighted by molar-refractivity contribution is -0.138. The Morgan fingerprint density at radius 2 is 0.892 bits per heavy atom. The zero-order chi connectivity index (χ0) is 66.6. The number of aryl methyl sites for hydroxylation is 6. The fourth-order valence-corrected chi connectivity index (χ4v) is 15.6. The van der Waals surface area contributed by atoms with Crippen molar-refractivity contribution in [1.82, 2.24) is 29.0 Å². The topological polar surface area (TPSA) is 239 Å². The molecule has 0 radical (unpaired) electrons. The van der Waals surface area contributed by atoms with E-state index in [4.69, 9.17) is 0 Å². The summed E-state index contributed by atoms with van der Waals surface area (Å²) >= 11 is 0. The van der Waals surface area contributed by atoms with Crippen LogP contribution in [0.5, 0.6) is 0 Å². The van der Waals surface area contributed by atoms with E-state index in [9.17, 15) is 72.6 Å². The maximum atomic E-state index is 13.9. The van der Waals surface area contributed by atoms with Gasteiger partial charge in [-0.3, -0.25) is 29.2 Å². The maximum absolute atomic E-state index is 13.9. The second-order valence-corrected chi connectivity index (χ2v) is 29.2. The number of fused-ring (bicyclic) bond motifs is 4. The van der Waals surface area contributed by atoms with Gasteiger partial charge >= 0.3 is 12.4 Å². The Balaban J connectivity index is 0.000000237. The molecule has 2 fully saturated rings. The monoisotopic (exact) mass is 1340 g/mol. The molecule has 14 rings (SSSR count). The van der Waals surface area contributed by atoms with E-state index in [0.29, 0.717) is 67.4 Å². The van der Waals surface area contributed by atoms with Crippen LogP contribution in [-0.2, 0) is 67.7 Å². The first-order chi connectivity index (χ1) is 43.3. The Kier molecular flexibility index (Phi) is 22.8. The zero-order valence-corrected chi connectivity index (χ0v) is 53.8. The first-order valence-electron chi connectivity index (χ1n) is 31.3. The van der Waals surface area contributed by atoms with Crippen molar-refractivity contribution in [3.05, 3.63) is 152 Å². The summed E-state index contributed by atoms with van der Waals surface area (Å²) in [5.41, 5.74) is 1.14. The van der Waals surface area contributed by atoms with Crippen LogP contribution in [0.3, 0.4) is 0 Å². The molecule has 14 bridgehead atoms. The number of aliphatic imine (C=N–C) groups is 2. The van der Waals surface area contributed by atoms with Crippen LogP contribution in [0.25, 0.3) is 0 Å². The summed E-state index contributed by atoms with van der Waals surface area (Å²) in [5.74, 6) is -1.43. The largest absolute Gasteiger partial charge is 0.416 e. The molecule has 4 aromatic rings. The van der Waals surface area contributed by atoms with Gasteiger partial charge in [0.15, 0.2) is 0 Å². The van der Waals surface area contributed by atoms with E-state index in [1.54, 1.807) is 55.4 Å². The van der Waals surface area contributed by atoms with E-state index < -0.39 is 78.6 Å². The summed E-state index contributed by atoms with van der Waals surface area (Å²) < 4.78 is 139. The van der Waals surface area contributed by atoms with E-state index >= 15 is 0 Å². The number of halogens is 6. The summed E-state index contributed by atoms with van der Waals surface area (Å²) in [6.45, 7) is 4.79. The van der Waals surface area contributed by atoms with Crippen LogP contribution in [0, 0.1) is 13.8 Å². The van der Waals surface area contributed by atoms with Crippen molar-refractivity contribution >= 4 is 55.3 Å². The van der Waals surface area contributed by atoms with Crippen LogP contribution in [0.2, 0.25) is 0 Å². The van der Waals surface area contributed by atoms with Crippen molar-refractivity contribution in [2.45, 2.75) is 160 Å². The van der Waals surface area contributed by atoms with E-state index in [1.807, 2.05) is 32.1 Å². The van der Waals surface area contributed by atoms with Crippen molar-refractivity contribution < 1.29 is 72.6 Å². The van der Waals surface area contributed by atoms with Gasteiger partial charge in [0.25, 0.3) is 23.6 Å². The molecule has 0 aromatic heterocycles. The molecule has 506 valence electrons. The van der Waals surface area contributed by atoms with E-state index in [-0.39, 0.29) is 138 Å². The SMILES string of the molecule is C.Cc1cc2ccc1CCS(=O)(=O)N1CCC3(CC1)N=C(NC3=O)c1cc(cc(C(F)(F)F)c1)CCCC(O)C(O)CCCN(C)C2=O.Cc1cc2ccc1CCS(=O)(=O)N1CCC3(CC1)N=C(NC3=O)c1cc(cc(C(F)(F)F)c1)CCCC=CCCCN(C)C2=O. The number of aliphatic hydroxyl groups is 2. The van der Waals surface area contributed by atoms with Gasteiger partial charge in [0.05, 0.1) is 34.8 Å². The van der Waals surface area contributed by atoms with Crippen LogP contribution in [0.4, 0.5) is 26.3 Å². The van der Waals surface area contributed by atoms with E-state index in [0.717, 1.165) is 59.4 Å². The number of allylic oxidation sites excluding steroid dienone is 2. The van der Waals surface area contributed by atoms with Crippen molar-refractivity contribution in [3.8, 4) is 0 Å². The molecular weight excluding hydrogens is 1250 g/mol. The molecule has 4 N–H and O–H groups in total. The first-order valence-corrected chi connectivity index (χ1v) is 34.5. The minimum absolute atomic E-state index is 0. The quantitative estimate of drug-likeness (QED) is 0.0963. The average Bonchev–Trinajstić information content (AvgIpc) is 1.65. The normalized spacial score (nSPS) is 26.1. The molecule has 4 aromatic carbocycles. The number of sulfonamides is 2. The number of nitrogens with zero attached hydrogens (tertiary/aromatic N) is 6. The van der Waals surface area contributed by atoms with E-state index in [1.165, 1.54) is 19.6 Å². The molecule has 2 spiro atoms. The predicted molar refractivity (Wildman–Crippen MR) is 343 cm³/mol. The molecule has 2 unspecified atom stereocenters. The van der Waals surface area contributed by atoms with Gasteiger partial charge < -0.3 is 30.6 Å². The van der Waals surface area contributed by atoms with Gasteiger partial charge in [-0.25, -0.2) is 25.4 Å². The summed E-state index contributed by atoms with van der Waals surface area (Å²) in [7, 11) is -3.97. The van der Waals surface area contributed by atoms with Crippen molar-refractivity contribution in [3.63, 3.8) is 0 Å². The molecule has 18 nitrogen and oxygen atoms in total. The number of carbonyl (C=O) groups excluding carboxylic acids is 4. The van der Waals surface area contributed by atoms with Crippen LogP contribution >= 0.6 is 0 Å². The number of amidine groups is 2. The summed E-state index contributed by atoms with van der Waals surface area (Å²) in [6, 6.07) is 17.8. The van der Waals surface area contributed by atoms with Crippen LogP contribution < -0.4 is 10.6 Å². The minimum Gasteiger partial charge on any atom is -0.390 e. The van der Waals surface area contributed by atoms with Gasteiger partial charge in [-0.1, -0.05) is 31.7 Å². The second kappa shape index (κ2) is 29.4. The molecular formula is C67H84F6N8O10S2. The third-order valence-corrected chi connectivity index (χ3v) is 22.2. The minimum atomic E-state index is -4.66. The fourth-order valence-electron chi connectivity index (χ4n) is 12.7. The lowest BCUT2D eigenvalue weighted by Gasteiger charge is -2.34. The molecule has 2 saturated heterocycles. The molecule has 2 atom stereocenters. The van der Waals surface area contributed by atoms with Gasteiger partial charge in [-0.15, -0.1) is 0 Å². The highest BCUT2D eigenvalue weighted by molar-refractivity contribution is 7.89. The summed E-state index contributed by atoms with van der Waals surface area (Å²) in [4.78, 5) is 64.7. The molecule has 0 saturated carbocycles. The highest BCUT2D eigenvalue weighted by Crippen LogP contribution is 2.38. The molecule has 10 heterocycles. The highest BCUT2D eigenvalue weighted by atomic mass is 32.2. The van der Waals surface area contributed by atoms with Crippen LogP contribution in [0.1, 0.15) is 161 Å². The third kappa shape index (κ3) is 17.4. The van der Waals surface area contributed by atoms with Crippen molar-refractivity contribution in [2.75, 3.05) is 64.9 Å². The first kappa shape index (κ1) is 72.0. The summed E-state index contributed by atoms with van der Waals surface area (Å²) in [6.07, 6.45) is -1.93. The van der Waals surface area contributed by atoms with Crippen LogP contribution in [-0.4, -0.2) is 169 Å². The standard InChI is InChI=1S/C33H41F3N4O6S.C33H39F3N4O4S.CH4/c1-21-17-24-9-8-23(21)10-16-47(45,46)40-14-11-32(12-15-40)31(44)37-29(38-32)25-18-22(19-26(20-25)33(34,35)36)5-3-6-27(41)28(42)7-4-13-39(2)30(24)43;1-23-19-26-11-10-25(23)12-18-45(43,44)40-16-13-32(14-17-40)31(42)37-29(38-32)27-20-24(21-28(22-27)33(34,35)36)9-7-5-3-4-6-8-15-39(2)30(26)41;/h8-9,17-20,27-28,41-42H,3-7,10-16H2,1-2H3,(H,37,38,44);3-4,10-11,19-22H,5-9,12-18H2,1-2H3,(H,37,38,42);1H4. The Labute approximate surface area is 540 Å². The number of piperidine rings is 2.